The van der Waals surface area contributed by atoms with E-state index in [1.54, 1.807) is 0 Å². The maximum Gasteiger partial charge on any atom is 0.0443 e. The van der Waals surface area contributed by atoms with Crippen LogP contribution in [0.25, 0.3) is 0 Å². The summed E-state index contributed by atoms with van der Waals surface area (Å²) in [5.74, 6) is 0. The zero-order chi connectivity index (χ0) is 13.9. The van der Waals surface area contributed by atoms with E-state index < -0.39 is 0 Å². The lowest BCUT2D eigenvalue weighted by Gasteiger charge is -2.31. The minimum Gasteiger partial charge on any atom is -0.341 e. The molecule has 20 heavy (non-hydrogen) atoms. The third-order valence-electron chi connectivity index (χ3n) is 3.92. The second-order valence-corrected chi connectivity index (χ2v) is 5.73. The van der Waals surface area contributed by atoms with Gasteiger partial charge >= 0.3 is 0 Å². The lowest BCUT2D eigenvalue weighted by atomic mass is 10.0. The van der Waals surface area contributed by atoms with Crippen molar-refractivity contribution in [3.8, 4) is 0 Å². The van der Waals surface area contributed by atoms with E-state index in [4.69, 9.17) is 5.73 Å². The summed E-state index contributed by atoms with van der Waals surface area (Å²) < 4.78 is 0. The largest absolute Gasteiger partial charge is 0.341 e. The summed E-state index contributed by atoms with van der Waals surface area (Å²) >= 11 is 0. The molecule has 104 valence electrons. The Labute approximate surface area is 121 Å². The Morgan fingerprint density at radius 2 is 1.85 bits per heavy atom. The van der Waals surface area contributed by atoms with Crippen molar-refractivity contribution in [1.29, 1.82) is 0 Å². The number of para-hydroxylation sites is 1. The minimum atomic E-state index is 0.219. The van der Waals surface area contributed by atoms with Crippen LogP contribution in [-0.2, 0) is 12.8 Å². The smallest absolute Gasteiger partial charge is 0.0443 e. The zero-order valence-electron chi connectivity index (χ0n) is 12.0. The molecular weight excluding hydrogens is 244 g/mol. The molecule has 2 heteroatoms. The summed E-state index contributed by atoms with van der Waals surface area (Å²) in [5.41, 5.74) is 11.3. The molecular formula is C18H22N2. The van der Waals surface area contributed by atoms with Gasteiger partial charge in [-0.15, -0.1) is 0 Å². The van der Waals surface area contributed by atoms with Crippen LogP contribution >= 0.6 is 0 Å². The average molecular weight is 266 g/mol. The molecule has 3 rings (SSSR count). The molecule has 0 radical (unpaired) electrons. The molecule has 1 aliphatic heterocycles. The topological polar surface area (TPSA) is 29.3 Å². The van der Waals surface area contributed by atoms with E-state index in [2.05, 4.69) is 60.4 Å². The van der Waals surface area contributed by atoms with Gasteiger partial charge in [-0.25, -0.2) is 0 Å². The highest BCUT2D eigenvalue weighted by molar-refractivity contribution is 5.67. The number of anilines is 2. The molecule has 2 N–H and O–H groups in total. The molecule has 1 atom stereocenters. The van der Waals surface area contributed by atoms with Gasteiger partial charge in [0.05, 0.1) is 0 Å². The molecule has 2 aromatic rings. The minimum absolute atomic E-state index is 0.219. The van der Waals surface area contributed by atoms with Crippen molar-refractivity contribution in [3.05, 3.63) is 59.7 Å². The van der Waals surface area contributed by atoms with Crippen LogP contribution in [0, 0.1) is 0 Å². The Morgan fingerprint density at radius 1 is 1.10 bits per heavy atom. The monoisotopic (exact) mass is 266 g/mol. The molecule has 0 saturated heterocycles. The van der Waals surface area contributed by atoms with Gasteiger partial charge in [-0.3, -0.25) is 0 Å². The van der Waals surface area contributed by atoms with Gasteiger partial charge in [-0.2, -0.15) is 0 Å². The van der Waals surface area contributed by atoms with Crippen molar-refractivity contribution >= 4 is 11.4 Å². The lowest BCUT2D eigenvalue weighted by molar-refractivity contribution is 0.737. The number of nitrogens with two attached hydrogens (primary N) is 1. The van der Waals surface area contributed by atoms with Crippen LogP contribution in [0.5, 0.6) is 0 Å². The van der Waals surface area contributed by atoms with Crippen LogP contribution in [0.1, 0.15) is 24.5 Å². The highest BCUT2D eigenvalue weighted by atomic mass is 15.1. The van der Waals surface area contributed by atoms with Gasteiger partial charge in [0.25, 0.3) is 0 Å². The Balaban J connectivity index is 1.87. The summed E-state index contributed by atoms with van der Waals surface area (Å²) in [4.78, 5) is 2.43. The molecule has 0 bridgehead atoms. The van der Waals surface area contributed by atoms with Gasteiger partial charge in [0.15, 0.2) is 0 Å². The zero-order valence-corrected chi connectivity index (χ0v) is 12.0. The quantitative estimate of drug-likeness (QED) is 0.918. The molecule has 0 saturated carbocycles. The highest BCUT2D eigenvalue weighted by Crippen LogP contribution is 2.33. The molecule has 0 aliphatic carbocycles. The number of hydrogen-bond acceptors (Lipinski definition) is 2. The van der Waals surface area contributed by atoms with Gasteiger partial charge in [0, 0.05) is 24.0 Å². The van der Waals surface area contributed by atoms with E-state index in [-0.39, 0.29) is 6.04 Å². The first-order valence-corrected chi connectivity index (χ1v) is 7.44. The molecule has 0 spiro atoms. The van der Waals surface area contributed by atoms with Gasteiger partial charge in [0.2, 0.25) is 0 Å². The van der Waals surface area contributed by atoms with Gasteiger partial charge in [0.1, 0.15) is 0 Å². The highest BCUT2D eigenvalue weighted by Gasteiger charge is 2.17. The molecule has 2 aromatic carbocycles. The number of hydrogen-bond donors (Lipinski definition) is 1. The maximum atomic E-state index is 5.86. The lowest BCUT2D eigenvalue weighted by Crippen LogP contribution is -2.24. The average Bonchev–Trinajstić information content (AvgIpc) is 2.47. The van der Waals surface area contributed by atoms with Crippen molar-refractivity contribution in [1.82, 2.24) is 0 Å². The van der Waals surface area contributed by atoms with Crippen LogP contribution in [0.4, 0.5) is 11.4 Å². The second-order valence-electron chi connectivity index (χ2n) is 5.73. The van der Waals surface area contributed by atoms with Crippen molar-refractivity contribution < 1.29 is 0 Å². The van der Waals surface area contributed by atoms with Crippen LogP contribution in [0.3, 0.4) is 0 Å². The fraction of sp³-hybridized carbons (Fsp3) is 0.333. The van der Waals surface area contributed by atoms with E-state index in [1.165, 1.54) is 35.3 Å². The van der Waals surface area contributed by atoms with Gasteiger partial charge < -0.3 is 10.6 Å². The fourth-order valence-electron chi connectivity index (χ4n) is 2.99. The first-order valence-electron chi connectivity index (χ1n) is 7.44. The van der Waals surface area contributed by atoms with Crippen molar-refractivity contribution in [2.45, 2.75) is 32.2 Å². The third kappa shape index (κ3) is 2.70. The fourth-order valence-corrected chi connectivity index (χ4v) is 2.99. The second kappa shape index (κ2) is 5.68. The summed E-state index contributed by atoms with van der Waals surface area (Å²) in [5, 5.41) is 0. The number of fused-ring (bicyclic) bond motifs is 1. The van der Waals surface area contributed by atoms with E-state index in [0.29, 0.717) is 0 Å². The molecule has 0 fully saturated rings. The third-order valence-corrected chi connectivity index (χ3v) is 3.92. The van der Waals surface area contributed by atoms with Crippen molar-refractivity contribution in [2.75, 3.05) is 11.4 Å². The van der Waals surface area contributed by atoms with Crippen LogP contribution in [-0.4, -0.2) is 12.6 Å². The number of rotatable bonds is 3. The van der Waals surface area contributed by atoms with Crippen LogP contribution in [0.2, 0.25) is 0 Å². The summed E-state index contributed by atoms with van der Waals surface area (Å²) in [7, 11) is 0. The summed E-state index contributed by atoms with van der Waals surface area (Å²) in [6, 6.07) is 17.8. The predicted molar refractivity (Wildman–Crippen MR) is 85.6 cm³/mol. The Hall–Kier alpha value is -1.80. The maximum absolute atomic E-state index is 5.86. The predicted octanol–water partition coefficient (Wildman–Crippen LogP) is 3.66. The van der Waals surface area contributed by atoms with Crippen LogP contribution in [0.15, 0.2) is 48.5 Å². The molecule has 1 unspecified atom stereocenters. The Morgan fingerprint density at radius 3 is 2.60 bits per heavy atom. The van der Waals surface area contributed by atoms with Gasteiger partial charge in [-0.05, 0) is 55.5 Å². The summed E-state index contributed by atoms with van der Waals surface area (Å²) in [6.07, 6.45) is 3.35. The van der Waals surface area contributed by atoms with E-state index >= 15 is 0 Å². The van der Waals surface area contributed by atoms with Crippen molar-refractivity contribution in [3.63, 3.8) is 0 Å². The molecule has 1 heterocycles. The first-order chi connectivity index (χ1) is 9.74. The van der Waals surface area contributed by atoms with Gasteiger partial charge in [-0.1, -0.05) is 30.3 Å². The molecule has 1 aliphatic rings. The van der Waals surface area contributed by atoms with E-state index in [9.17, 15) is 0 Å². The van der Waals surface area contributed by atoms with E-state index in [0.717, 1.165) is 13.0 Å². The molecule has 0 amide bonds. The first kappa shape index (κ1) is 13.2. The Bertz CT molecular complexity index is 572. The van der Waals surface area contributed by atoms with E-state index in [1.807, 2.05) is 0 Å². The normalized spacial score (nSPS) is 15.8. The molecule has 2 nitrogen and oxygen atoms in total. The molecule has 0 aromatic heterocycles. The Kier molecular flexibility index (Phi) is 3.75. The SMILES string of the molecule is CC(N)Cc1ccc(N2CCCc3ccccc32)cc1. The number of aryl methyl sites for hydroxylation is 1. The standard InChI is InChI=1S/C18H22N2/c1-14(19)13-15-8-10-17(11-9-15)20-12-4-6-16-5-2-3-7-18(16)20/h2-3,5,7-11,14H,4,6,12-13,19H2,1H3. The number of nitrogens with zero attached hydrogens (tertiary/aromatic N) is 1. The summed E-state index contributed by atoms with van der Waals surface area (Å²) in [6.45, 7) is 3.15. The number of benzene rings is 2. The van der Waals surface area contributed by atoms with Crippen LogP contribution < -0.4 is 10.6 Å². The van der Waals surface area contributed by atoms with Crippen molar-refractivity contribution in [2.24, 2.45) is 5.73 Å².